The lowest BCUT2D eigenvalue weighted by Gasteiger charge is -2.11. The first kappa shape index (κ1) is 12.5. The van der Waals surface area contributed by atoms with Gasteiger partial charge in [0.15, 0.2) is 0 Å². The first-order chi connectivity index (χ1) is 9.79. The monoisotopic (exact) mass is 267 g/mol. The zero-order chi connectivity index (χ0) is 13.9. The Morgan fingerprint density at radius 2 is 1.95 bits per heavy atom. The third-order valence-corrected chi connectivity index (χ3v) is 3.38. The number of aryl methyl sites for hydroxylation is 1. The van der Waals surface area contributed by atoms with E-state index in [9.17, 15) is 0 Å². The van der Waals surface area contributed by atoms with Crippen LogP contribution >= 0.6 is 0 Å². The van der Waals surface area contributed by atoms with Crippen molar-refractivity contribution in [3.05, 3.63) is 60.0 Å². The number of benzene rings is 1. The van der Waals surface area contributed by atoms with Crippen molar-refractivity contribution < 1.29 is 4.74 Å². The molecule has 0 spiro atoms. The van der Waals surface area contributed by atoms with E-state index in [2.05, 4.69) is 14.7 Å². The van der Waals surface area contributed by atoms with Crippen molar-refractivity contribution in [1.82, 2.24) is 9.38 Å². The van der Waals surface area contributed by atoms with Crippen LogP contribution in [0.4, 0.5) is 5.69 Å². The first-order valence-corrected chi connectivity index (χ1v) is 6.59. The molecule has 0 amide bonds. The molecule has 0 atom stereocenters. The van der Waals surface area contributed by atoms with Crippen molar-refractivity contribution >= 4 is 11.3 Å². The van der Waals surface area contributed by atoms with Crippen LogP contribution in [0.15, 0.2) is 48.7 Å². The van der Waals surface area contributed by atoms with Gasteiger partial charge in [0.25, 0.3) is 0 Å². The van der Waals surface area contributed by atoms with Gasteiger partial charge < -0.3 is 14.5 Å². The maximum absolute atomic E-state index is 5.35. The number of aromatic nitrogens is 2. The van der Waals surface area contributed by atoms with E-state index in [1.165, 1.54) is 0 Å². The maximum Gasteiger partial charge on any atom is 0.141 e. The molecule has 0 radical (unpaired) electrons. The van der Waals surface area contributed by atoms with Crippen LogP contribution in [0.2, 0.25) is 0 Å². The van der Waals surface area contributed by atoms with Crippen LogP contribution < -0.4 is 10.1 Å². The average Bonchev–Trinajstić information content (AvgIpc) is 2.81. The third kappa shape index (κ3) is 2.20. The van der Waals surface area contributed by atoms with Gasteiger partial charge in [0.05, 0.1) is 30.7 Å². The standard InChI is InChI=1S/C16H17N3O/c1-12-14(19-10-6-5-9-16(19)18-12)11-17-13-7-3-4-8-15(13)20-2/h3-10,17H,11H2,1-2H3. The van der Waals surface area contributed by atoms with Crippen molar-refractivity contribution in [3.8, 4) is 5.75 Å². The molecule has 1 N–H and O–H groups in total. The third-order valence-electron chi connectivity index (χ3n) is 3.38. The molecule has 0 fully saturated rings. The zero-order valence-electron chi connectivity index (χ0n) is 11.6. The van der Waals surface area contributed by atoms with E-state index in [1.807, 2.05) is 55.6 Å². The molecule has 0 saturated carbocycles. The minimum atomic E-state index is 0.706. The van der Waals surface area contributed by atoms with E-state index in [-0.39, 0.29) is 0 Å². The minimum absolute atomic E-state index is 0.706. The Balaban J connectivity index is 1.89. The van der Waals surface area contributed by atoms with E-state index in [0.717, 1.165) is 28.5 Å². The lowest BCUT2D eigenvalue weighted by Crippen LogP contribution is -2.05. The van der Waals surface area contributed by atoms with Crippen molar-refractivity contribution in [1.29, 1.82) is 0 Å². The fourth-order valence-electron chi connectivity index (χ4n) is 2.35. The van der Waals surface area contributed by atoms with Gasteiger partial charge in [-0.15, -0.1) is 0 Å². The molecule has 0 saturated heterocycles. The van der Waals surface area contributed by atoms with Crippen molar-refractivity contribution in [2.45, 2.75) is 13.5 Å². The van der Waals surface area contributed by atoms with E-state index in [1.54, 1.807) is 7.11 Å². The Hall–Kier alpha value is -2.49. The van der Waals surface area contributed by atoms with Gasteiger partial charge in [-0.3, -0.25) is 0 Å². The lowest BCUT2D eigenvalue weighted by molar-refractivity contribution is 0.416. The molecule has 2 aromatic heterocycles. The summed E-state index contributed by atoms with van der Waals surface area (Å²) in [5.41, 5.74) is 4.16. The van der Waals surface area contributed by atoms with Crippen molar-refractivity contribution in [2.24, 2.45) is 0 Å². The highest BCUT2D eigenvalue weighted by molar-refractivity contribution is 5.56. The number of rotatable bonds is 4. The molecule has 0 bridgehead atoms. The fraction of sp³-hybridized carbons (Fsp3) is 0.188. The largest absolute Gasteiger partial charge is 0.495 e. The topological polar surface area (TPSA) is 38.6 Å². The highest BCUT2D eigenvalue weighted by Crippen LogP contribution is 2.24. The number of ether oxygens (including phenoxy) is 1. The van der Waals surface area contributed by atoms with Gasteiger partial charge in [-0.05, 0) is 31.2 Å². The second kappa shape index (κ2) is 5.25. The van der Waals surface area contributed by atoms with Gasteiger partial charge in [-0.2, -0.15) is 0 Å². The van der Waals surface area contributed by atoms with Crippen LogP contribution in [-0.4, -0.2) is 16.5 Å². The summed E-state index contributed by atoms with van der Waals surface area (Å²) < 4.78 is 7.46. The Kier molecular flexibility index (Phi) is 3.29. The van der Waals surface area contributed by atoms with Crippen LogP contribution in [0.25, 0.3) is 5.65 Å². The minimum Gasteiger partial charge on any atom is -0.495 e. The normalized spacial score (nSPS) is 10.7. The molecule has 4 heteroatoms. The number of hydrogen-bond donors (Lipinski definition) is 1. The summed E-state index contributed by atoms with van der Waals surface area (Å²) in [5, 5.41) is 3.41. The fourth-order valence-corrected chi connectivity index (χ4v) is 2.35. The average molecular weight is 267 g/mol. The number of nitrogens with zero attached hydrogens (tertiary/aromatic N) is 2. The van der Waals surface area contributed by atoms with E-state index >= 15 is 0 Å². The molecule has 3 aromatic rings. The molecule has 0 aliphatic heterocycles. The second-order valence-corrected chi connectivity index (χ2v) is 4.63. The number of nitrogens with one attached hydrogen (secondary N) is 1. The van der Waals surface area contributed by atoms with Crippen molar-refractivity contribution in [2.75, 3.05) is 12.4 Å². The van der Waals surface area contributed by atoms with Crippen LogP contribution in [0, 0.1) is 6.92 Å². The summed E-state index contributed by atoms with van der Waals surface area (Å²) >= 11 is 0. The summed E-state index contributed by atoms with van der Waals surface area (Å²) in [5.74, 6) is 0.846. The quantitative estimate of drug-likeness (QED) is 0.788. The predicted octanol–water partition coefficient (Wildman–Crippen LogP) is 3.26. The Morgan fingerprint density at radius 3 is 2.80 bits per heavy atom. The number of hydrogen-bond acceptors (Lipinski definition) is 3. The van der Waals surface area contributed by atoms with E-state index in [4.69, 9.17) is 4.74 Å². The Bertz CT molecular complexity index is 733. The van der Waals surface area contributed by atoms with Gasteiger partial charge >= 0.3 is 0 Å². The molecule has 0 unspecified atom stereocenters. The maximum atomic E-state index is 5.35. The van der Waals surface area contributed by atoms with E-state index < -0.39 is 0 Å². The zero-order valence-corrected chi connectivity index (χ0v) is 11.6. The summed E-state index contributed by atoms with van der Waals surface area (Å²) in [6.07, 6.45) is 2.04. The van der Waals surface area contributed by atoms with Crippen LogP contribution in [0.1, 0.15) is 11.4 Å². The molecular formula is C16H17N3O. The number of pyridine rings is 1. The van der Waals surface area contributed by atoms with Gasteiger partial charge in [0, 0.05) is 6.20 Å². The van der Waals surface area contributed by atoms with Gasteiger partial charge in [0.1, 0.15) is 11.4 Å². The molecule has 2 heterocycles. The van der Waals surface area contributed by atoms with Gasteiger partial charge in [-0.1, -0.05) is 18.2 Å². The second-order valence-electron chi connectivity index (χ2n) is 4.63. The summed E-state index contributed by atoms with van der Waals surface area (Å²) in [6, 6.07) is 13.9. The smallest absolute Gasteiger partial charge is 0.141 e. The number of anilines is 1. The van der Waals surface area contributed by atoms with Gasteiger partial charge in [0.2, 0.25) is 0 Å². The molecule has 0 aliphatic carbocycles. The Morgan fingerprint density at radius 1 is 1.15 bits per heavy atom. The molecule has 0 aliphatic rings. The highest BCUT2D eigenvalue weighted by Gasteiger charge is 2.08. The summed E-state index contributed by atoms with van der Waals surface area (Å²) in [4.78, 5) is 4.56. The summed E-state index contributed by atoms with van der Waals surface area (Å²) in [6.45, 7) is 2.74. The van der Waals surface area contributed by atoms with Crippen LogP contribution in [-0.2, 0) is 6.54 Å². The van der Waals surface area contributed by atoms with Crippen LogP contribution in [0.5, 0.6) is 5.75 Å². The molecule has 102 valence electrons. The SMILES string of the molecule is COc1ccccc1NCc1c(C)nc2ccccn12. The van der Waals surface area contributed by atoms with Crippen LogP contribution in [0.3, 0.4) is 0 Å². The number of fused-ring (bicyclic) bond motifs is 1. The predicted molar refractivity (Wildman–Crippen MR) is 80.2 cm³/mol. The molecule has 1 aromatic carbocycles. The first-order valence-electron chi connectivity index (χ1n) is 6.59. The van der Waals surface area contributed by atoms with E-state index in [0.29, 0.717) is 6.54 Å². The molecular weight excluding hydrogens is 250 g/mol. The molecule has 4 nitrogen and oxygen atoms in total. The number of methoxy groups -OCH3 is 1. The van der Waals surface area contributed by atoms with Crippen molar-refractivity contribution in [3.63, 3.8) is 0 Å². The number of imidazole rings is 1. The Labute approximate surface area is 118 Å². The summed E-state index contributed by atoms with van der Waals surface area (Å²) in [7, 11) is 1.68. The lowest BCUT2D eigenvalue weighted by atomic mass is 10.2. The molecule has 3 rings (SSSR count). The van der Waals surface area contributed by atoms with Gasteiger partial charge in [-0.25, -0.2) is 4.98 Å². The number of para-hydroxylation sites is 2. The highest BCUT2D eigenvalue weighted by atomic mass is 16.5. The molecule has 20 heavy (non-hydrogen) atoms.